The molecule has 1 N–H and O–H groups in total. The smallest absolute Gasteiger partial charge is 0.0991 e. The topological polar surface area (TPSA) is 35.8 Å². The molecular weight excluding hydrogens is 300 g/mol. The highest BCUT2D eigenvalue weighted by molar-refractivity contribution is 9.10. The molecule has 0 spiro atoms. The van der Waals surface area contributed by atoms with Crippen molar-refractivity contribution < 1.29 is 0 Å². The summed E-state index contributed by atoms with van der Waals surface area (Å²) in [4.78, 5) is 0. The largest absolute Gasteiger partial charge is 0.306 e. The Morgan fingerprint density at radius 1 is 1.16 bits per heavy atom. The zero-order valence-electron chi connectivity index (χ0n) is 10.7. The second kappa shape index (κ2) is 6.51. The normalized spacial score (nSPS) is 11.8. The molecule has 2 rings (SSSR count). The molecule has 1 unspecified atom stereocenters. The maximum Gasteiger partial charge on any atom is 0.0991 e. The summed E-state index contributed by atoms with van der Waals surface area (Å²) in [5.74, 6) is 0. The Balaban J connectivity index is 1.99. The van der Waals surface area contributed by atoms with Crippen LogP contribution in [0.25, 0.3) is 0 Å². The Labute approximate surface area is 122 Å². The molecule has 0 amide bonds. The fraction of sp³-hybridized carbons (Fsp3) is 0.188. The number of nitrogens with one attached hydrogen (secondary N) is 1. The first-order valence-electron chi connectivity index (χ1n) is 6.17. The first kappa shape index (κ1) is 13.8. The summed E-state index contributed by atoms with van der Waals surface area (Å²) < 4.78 is 1.12. The molecule has 2 aromatic rings. The molecule has 0 saturated heterocycles. The molecule has 0 heterocycles. The minimum atomic E-state index is 0.250. The Morgan fingerprint density at radius 2 is 1.84 bits per heavy atom. The van der Waals surface area contributed by atoms with Crippen LogP contribution in [-0.2, 0) is 6.54 Å². The third kappa shape index (κ3) is 3.66. The van der Waals surface area contributed by atoms with Gasteiger partial charge in [-0.1, -0.05) is 46.3 Å². The lowest BCUT2D eigenvalue weighted by Crippen LogP contribution is -2.18. The molecule has 2 nitrogen and oxygen atoms in total. The van der Waals surface area contributed by atoms with Crippen molar-refractivity contribution >= 4 is 15.9 Å². The summed E-state index contributed by atoms with van der Waals surface area (Å²) in [5, 5.41) is 12.3. The van der Waals surface area contributed by atoms with E-state index in [1.54, 1.807) is 0 Å². The third-order valence-electron chi connectivity index (χ3n) is 3.10. The summed E-state index contributed by atoms with van der Waals surface area (Å²) in [6.07, 6.45) is 0. The van der Waals surface area contributed by atoms with Crippen molar-refractivity contribution in [3.63, 3.8) is 0 Å². The van der Waals surface area contributed by atoms with Crippen molar-refractivity contribution in [2.45, 2.75) is 19.5 Å². The second-order valence-electron chi connectivity index (χ2n) is 4.43. The summed E-state index contributed by atoms with van der Waals surface area (Å²) in [7, 11) is 0. The maximum absolute atomic E-state index is 8.78. The second-order valence-corrected chi connectivity index (χ2v) is 5.28. The SMILES string of the molecule is CC(NCc1ccccc1Br)c1ccc(C#N)cc1. The van der Waals surface area contributed by atoms with Crippen molar-refractivity contribution in [1.82, 2.24) is 5.32 Å². The minimum Gasteiger partial charge on any atom is -0.306 e. The monoisotopic (exact) mass is 314 g/mol. The van der Waals surface area contributed by atoms with Crippen molar-refractivity contribution in [2.24, 2.45) is 0 Å². The third-order valence-corrected chi connectivity index (χ3v) is 3.87. The molecule has 0 aliphatic carbocycles. The van der Waals surface area contributed by atoms with Crippen molar-refractivity contribution in [3.05, 3.63) is 69.7 Å². The van der Waals surface area contributed by atoms with E-state index in [1.165, 1.54) is 11.1 Å². The van der Waals surface area contributed by atoms with Gasteiger partial charge in [-0.05, 0) is 36.2 Å². The standard InChI is InChI=1S/C16H15BrN2/c1-12(14-8-6-13(10-18)7-9-14)19-11-15-4-2-3-5-16(15)17/h2-9,12,19H,11H2,1H3. The quantitative estimate of drug-likeness (QED) is 0.919. The van der Waals surface area contributed by atoms with E-state index in [0.717, 1.165) is 11.0 Å². The van der Waals surface area contributed by atoms with Gasteiger partial charge in [0.25, 0.3) is 0 Å². The highest BCUT2D eigenvalue weighted by Gasteiger charge is 2.06. The van der Waals surface area contributed by atoms with Crippen LogP contribution in [0.15, 0.2) is 53.0 Å². The van der Waals surface area contributed by atoms with Crippen LogP contribution in [0.5, 0.6) is 0 Å². The van der Waals surface area contributed by atoms with Gasteiger partial charge in [-0.2, -0.15) is 5.26 Å². The zero-order chi connectivity index (χ0) is 13.7. The first-order chi connectivity index (χ1) is 9.20. The highest BCUT2D eigenvalue weighted by atomic mass is 79.9. The molecule has 0 radical (unpaired) electrons. The molecule has 1 atom stereocenters. The number of hydrogen-bond acceptors (Lipinski definition) is 2. The predicted octanol–water partition coefficient (Wildman–Crippen LogP) is 4.17. The van der Waals surface area contributed by atoms with Crippen LogP contribution in [0.3, 0.4) is 0 Å². The summed E-state index contributed by atoms with van der Waals surface area (Å²) in [5.41, 5.74) is 3.12. The van der Waals surface area contributed by atoms with Crippen LogP contribution >= 0.6 is 15.9 Å². The van der Waals surface area contributed by atoms with Gasteiger partial charge in [-0.15, -0.1) is 0 Å². The number of rotatable bonds is 4. The molecular formula is C16H15BrN2. The lowest BCUT2D eigenvalue weighted by molar-refractivity contribution is 0.574. The van der Waals surface area contributed by atoms with Crippen LogP contribution in [-0.4, -0.2) is 0 Å². The Morgan fingerprint density at radius 3 is 2.47 bits per heavy atom. The highest BCUT2D eigenvalue weighted by Crippen LogP contribution is 2.18. The molecule has 19 heavy (non-hydrogen) atoms. The minimum absolute atomic E-state index is 0.250. The number of benzene rings is 2. The van der Waals surface area contributed by atoms with Crippen molar-refractivity contribution in [1.29, 1.82) is 5.26 Å². The van der Waals surface area contributed by atoms with Gasteiger partial charge in [0.1, 0.15) is 0 Å². The number of nitrogens with zero attached hydrogens (tertiary/aromatic N) is 1. The van der Waals surface area contributed by atoms with E-state index in [4.69, 9.17) is 5.26 Å². The molecule has 96 valence electrons. The summed E-state index contributed by atoms with van der Waals surface area (Å²) in [6.45, 7) is 2.93. The Bertz CT molecular complexity index is 584. The molecule has 0 bridgehead atoms. The summed E-state index contributed by atoms with van der Waals surface area (Å²) in [6, 6.07) is 18.3. The Kier molecular flexibility index (Phi) is 4.73. The van der Waals surface area contributed by atoms with Gasteiger partial charge >= 0.3 is 0 Å². The fourth-order valence-corrected chi connectivity index (χ4v) is 2.29. The van der Waals surface area contributed by atoms with Crippen molar-refractivity contribution in [3.8, 4) is 6.07 Å². The number of hydrogen-bond donors (Lipinski definition) is 1. The van der Waals surface area contributed by atoms with Crippen LogP contribution < -0.4 is 5.32 Å². The molecule has 0 aliphatic rings. The van der Waals surface area contributed by atoms with Crippen LogP contribution in [0.4, 0.5) is 0 Å². The van der Waals surface area contributed by atoms with Crippen molar-refractivity contribution in [2.75, 3.05) is 0 Å². The number of halogens is 1. The van der Waals surface area contributed by atoms with Gasteiger partial charge in [0.05, 0.1) is 11.6 Å². The predicted molar refractivity (Wildman–Crippen MR) is 80.6 cm³/mol. The van der Waals surface area contributed by atoms with E-state index in [9.17, 15) is 0 Å². The first-order valence-corrected chi connectivity index (χ1v) is 6.97. The van der Waals surface area contributed by atoms with E-state index >= 15 is 0 Å². The molecule has 3 heteroatoms. The van der Waals surface area contributed by atoms with Crippen LogP contribution in [0.1, 0.15) is 29.7 Å². The molecule has 2 aromatic carbocycles. The van der Waals surface area contributed by atoms with Gasteiger partial charge in [0.15, 0.2) is 0 Å². The lowest BCUT2D eigenvalue weighted by Gasteiger charge is -2.15. The molecule has 0 aliphatic heterocycles. The zero-order valence-corrected chi connectivity index (χ0v) is 12.3. The number of nitriles is 1. The van der Waals surface area contributed by atoms with Gasteiger partial charge in [0.2, 0.25) is 0 Å². The summed E-state index contributed by atoms with van der Waals surface area (Å²) >= 11 is 3.55. The van der Waals surface area contributed by atoms with E-state index in [2.05, 4.69) is 40.3 Å². The van der Waals surface area contributed by atoms with Crippen LogP contribution in [0, 0.1) is 11.3 Å². The maximum atomic E-state index is 8.78. The van der Waals surface area contributed by atoms with E-state index in [0.29, 0.717) is 5.56 Å². The van der Waals surface area contributed by atoms with E-state index < -0.39 is 0 Å². The molecule has 0 fully saturated rings. The average molecular weight is 315 g/mol. The lowest BCUT2D eigenvalue weighted by atomic mass is 10.1. The van der Waals surface area contributed by atoms with E-state index in [-0.39, 0.29) is 6.04 Å². The average Bonchev–Trinajstić information content (AvgIpc) is 2.46. The Hall–Kier alpha value is -1.63. The van der Waals surface area contributed by atoms with E-state index in [1.807, 2.05) is 42.5 Å². The van der Waals surface area contributed by atoms with Gasteiger partial charge in [-0.25, -0.2) is 0 Å². The van der Waals surface area contributed by atoms with Gasteiger partial charge in [-0.3, -0.25) is 0 Å². The van der Waals surface area contributed by atoms with Crippen LogP contribution in [0.2, 0.25) is 0 Å². The van der Waals surface area contributed by atoms with Gasteiger partial charge in [0, 0.05) is 17.1 Å². The molecule has 0 saturated carbocycles. The van der Waals surface area contributed by atoms with Gasteiger partial charge < -0.3 is 5.32 Å². The fourth-order valence-electron chi connectivity index (χ4n) is 1.87. The molecule has 0 aromatic heterocycles.